The molecule has 4 fully saturated rings. The number of benzene rings is 4. The number of carboxylic acid groups (broad SMARTS) is 2. The Kier molecular flexibility index (Phi) is 15.5. The van der Waals surface area contributed by atoms with Crippen molar-refractivity contribution in [3.05, 3.63) is 134 Å². The standard InChI is InChI=1S/C59H68Cl2O8/c1-35(2)14-12-15-36(3)47-24-25-48-44-23-22-42-30-37(26-28-58(42,4)49(44)27-29-59(47,48)5)16-13-21-43(40-31-45(54(62)63)52(50(60)33-40)68-56(66)38-17-8-6-9-18-38)41-32-46(55(64)65)53(51(61)34-41)69-57(67)39-19-10-7-11-20-39/h6-11,17-21,31-37,42,44,47-49H,12-16,22-30H2,1-5H3,(H,62,63)(H,64,65)/t36-,37?,42?,44+,47?,48?,49?,58+,59-/m1/s1. The molecule has 10 heteroatoms. The van der Waals surface area contributed by atoms with E-state index in [1.54, 1.807) is 60.7 Å². The van der Waals surface area contributed by atoms with E-state index in [1.165, 1.54) is 94.9 Å². The number of carbonyl (C=O) groups excluding carboxylic acids is 2. The van der Waals surface area contributed by atoms with Gasteiger partial charge < -0.3 is 19.7 Å². The van der Waals surface area contributed by atoms with Crippen LogP contribution in [0.2, 0.25) is 10.0 Å². The molecule has 8 rings (SSSR count). The molecule has 0 amide bonds. The van der Waals surface area contributed by atoms with E-state index in [9.17, 15) is 29.4 Å². The third kappa shape index (κ3) is 10.6. The molecular weight excluding hydrogens is 908 g/mol. The number of halogens is 2. The minimum atomic E-state index is -1.37. The highest BCUT2D eigenvalue weighted by molar-refractivity contribution is 6.34. The first-order valence-corrected chi connectivity index (χ1v) is 26.1. The van der Waals surface area contributed by atoms with Gasteiger partial charge in [-0.1, -0.05) is 120 Å². The molecule has 366 valence electrons. The van der Waals surface area contributed by atoms with Gasteiger partial charge in [0.1, 0.15) is 11.1 Å². The molecule has 0 aliphatic heterocycles. The largest absolute Gasteiger partial charge is 0.478 e. The van der Waals surface area contributed by atoms with Crippen molar-refractivity contribution in [2.24, 2.45) is 58.2 Å². The van der Waals surface area contributed by atoms with Crippen LogP contribution in [0.4, 0.5) is 0 Å². The molecule has 0 aromatic heterocycles. The Morgan fingerprint density at radius 3 is 1.74 bits per heavy atom. The highest BCUT2D eigenvalue weighted by Gasteiger charge is 2.60. The van der Waals surface area contributed by atoms with Gasteiger partial charge in [0.2, 0.25) is 0 Å². The molecule has 4 aliphatic rings. The van der Waals surface area contributed by atoms with Crippen LogP contribution in [0, 0.1) is 58.2 Å². The maximum absolute atomic E-state index is 13.1. The molecule has 0 spiro atoms. The fourth-order valence-corrected chi connectivity index (χ4v) is 14.5. The van der Waals surface area contributed by atoms with Gasteiger partial charge >= 0.3 is 23.9 Å². The first-order chi connectivity index (χ1) is 33.0. The Morgan fingerprint density at radius 1 is 0.667 bits per heavy atom. The van der Waals surface area contributed by atoms with Crippen molar-refractivity contribution in [3.8, 4) is 11.5 Å². The predicted octanol–water partition coefficient (Wildman–Crippen LogP) is 15.8. The van der Waals surface area contributed by atoms with Crippen LogP contribution in [0.3, 0.4) is 0 Å². The Bertz CT molecular complexity index is 2450. The smallest absolute Gasteiger partial charge is 0.343 e. The van der Waals surface area contributed by atoms with Crippen molar-refractivity contribution >= 4 is 52.7 Å². The summed E-state index contributed by atoms with van der Waals surface area (Å²) in [4.78, 5) is 52.0. The first-order valence-electron chi connectivity index (χ1n) is 25.4. The van der Waals surface area contributed by atoms with Gasteiger partial charge in [-0.3, -0.25) is 0 Å². The van der Waals surface area contributed by atoms with Gasteiger partial charge in [0.05, 0.1) is 21.2 Å². The van der Waals surface area contributed by atoms with Crippen LogP contribution in [0.25, 0.3) is 5.57 Å². The quantitative estimate of drug-likeness (QED) is 0.0839. The Hall–Kier alpha value is -4.92. The average molecular weight is 976 g/mol. The van der Waals surface area contributed by atoms with Gasteiger partial charge in [-0.05, 0) is 194 Å². The lowest BCUT2D eigenvalue weighted by Crippen LogP contribution is -2.53. The van der Waals surface area contributed by atoms with Crippen molar-refractivity contribution in [1.82, 2.24) is 0 Å². The maximum atomic E-state index is 13.1. The number of hydrogen-bond acceptors (Lipinski definition) is 6. The molecule has 0 bridgehead atoms. The predicted molar refractivity (Wildman–Crippen MR) is 272 cm³/mol. The summed E-state index contributed by atoms with van der Waals surface area (Å²) in [6.45, 7) is 12.5. The van der Waals surface area contributed by atoms with E-state index in [2.05, 4.69) is 34.6 Å². The lowest BCUT2D eigenvalue weighted by atomic mass is 9.44. The zero-order chi connectivity index (χ0) is 49.2. The number of carboxylic acids is 2. The number of esters is 2. The van der Waals surface area contributed by atoms with Crippen LogP contribution in [0.15, 0.2) is 91.0 Å². The second-order valence-corrected chi connectivity index (χ2v) is 22.6. The van der Waals surface area contributed by atoms with Crippen molar-refractivity contribution in [2.45, 2.75) is 125 Å². The highest BCUT2D eigenvalue weighted by Crippen LogP contribution is 2.69. The van der Waals surface area contributed by atoms with Gasteiger partial charge in [0.15, 0.2) is 11.5 Å². The topological polar surface area (TPSA) is 127 Å². The summed E-state index contributed by atoms with van der Waals surface area (Å²) in [6.07, 6.45) is 19.2. The molecule has 2 N–H and O–H groups in total. The van der Waals surface area contributed by atoms with Gasteiger partial charge in [0, 0.05) is 0 Å². The van der Waals surface area contributed by atoms with E-state index in [1.807, 2.05) is 6.08 Å². The van der Waals surface area contributed by atoms with Crippen molar-refractivity contribution in [1.29, 1.82) is 0 Å². The van der Waals surface area contributed by atoms with Crippen LogP contribution >= 0.6 is 23.2 Å². The van der Waals surface area contributed by atoms with E-state index in [0.717, 1.165) is 48.3 Å². The normalized spacial score (nSPS) is 26.5. The number of aromatic carboxylic acids is 2. The van der Waals surface area contributed by atoms with Crippen molar-refractivity contribution in [3.63, 3.8) is 0 Å². The number of allylic oxidation sites excluding steroid dienone is 1. The molecule has 8 nitrogen and oxygen atoms in total. The van der Waals surface area contributed by atoms with Crippen LogP contribution in [-0.4, -0.2) is 34.1 Å². The van der Waals surface area contributed by atoms with E-state index in [-0.39, 0.29) is 43.8 Å². The van der Waals surface area contributed by atoms with Crippen molar-refractivity contribution in [2.75, 3.05) is 0 Å². The van der Waals surface area contributed by atoms with Gasteiger partial charge in [0.25, 0.3) is 0 Å². The fraction of sp³-hybridized carbons (Fsp3) is 0.492. The Labute approximate surface area is 418 Å². The summed E-state index contributed by atoms with van der Waals surface area (Å²) in [6, 6.07) is 22.2. The van der Waals surface area contributed by atoms with E-state index >= 15 is 0 Å². The Morgan fingerprint density at radius 2 is 1.20 bits per heavy atom. The van der Waals surface area contributed by atoms with Crippen LogP contribution in [0.5, 0.6) is 11.5 Å². The summed E-state index contributed by atoms with van der Waals surface area (Å²) in [5, 5.41) is 20.7. The summed E-state index contributed by atoms with van der Waals surface area (Å²) in [5.41, 5.74) is 1.75. The Balaban J connectivity index is 1.04. The summed E-state index contributed by atoms with van der Waals surface area (Å²) in [5.74, 6) is 1.12. The third-order valence-corrected chi connectivity index (χ3v) is 18.0. The molecule has 69 heavy (non-hydrogen) atoms. The number of carbonyl (C=O) groups is 4. The molecule has 9 atom stereocenters. The molecule has 4 aromatic rings. The van der Waals surface area contributed by atoms with E-state index in [0.29, 0.717) is 45.8 Å². The number of rotatable bonds is 16. The minimum Gasteiger partial charge on any atom is -0.478 e. The third-order valence-electron chi connectivity index (χ3n) is 17.5. The molecular formula is C59H68Cl2O8. The molecule has 5 unspecified atom stereocenters. The van der Waals surface area contributed by atoms with Crippen molar-refractivity contribution < 1.29 is 38.9 Å². The zero-order valence-corrected chi connectivity index (χ0v) is 42.3. The van der Waals surface area contributed by atoms with Crippen LogP contribution in [-0.2, 0) is 0 Å². The number of ether oxygens (including phenoxy) is 2. The lowest BCUT2D eigenvalue weighted by molar-refractivity contribution is -0.121. The molecule has 0 radical (unpaired) electrons. The van der Waals surface area contributed by atoms with Gasteiger partial charge in [-0.25, -0.2) is 19.2 Å². The molecule has 4 aliphatic carbocycles. The SMILES string of the molecule is CC(C)CCC[C@@H](C)C1CCC2[C@@H]3CCC4CC(CCC=C(c5cc(Cl)c(OC(=O)c6ccccc6)c(C(=O)O)c5)c5cc(Cl)c(OC(=O)c6ccccc6)c(C(=O)O)c5)CC[C@]4(C)C3CC[C@@]21C. The van der Waals surface area contributed by atoms with Gasteiger partial charge in [-0.2, -0.15) is 0 Å². The second kappa shape index (κ2) is 21.2. The summed E-state index contributed by atoms with van der Waals surface area (Å²) < 4.78 is 11.2. The molecule has 4 aromatic carbocycles. The second-order valence-electron chi connectivity index (χ2n) is 21.8. The molecule has 4 saturated carbocycles. The average Bonchev–Trinajstić information content (AvgIpc) is 3.69. The maximum Gasteiger partial charge on any atom is 0.343 e. The summed E-state index contributed by atoms with van der Waals surface area (Å²) in [7, 11) is 0. The van der Waals surface area contributed by atoms with E-state index in [4.69, 9.17) is 32.7 Å². The zero-order valence-electron chi connectivity index (χ0n) is 40.8. The minimum absolute atomic E-state index is 0.118. The fourth-order valence-electron chi connectivity index (χ4n) is 14.0. The van der Waals surface area contributed by atoms with Crippen LogP contribution in [0.1, 0.15) is 177 Å². The first kappa shape index (κ1) is 50.5. The number of fused-ring (bicyclic) bond motifs is 5. The lowest BCUT2D eigenvalue weighted by Gasteiger charge is -2.61. The van der Waals surface area contributed by atoms with Gasteiger partial charge in [-0.15, -0.1) is 0 Å². The molecule has 0 saturated heterocycles. The monoisotopic (exact) mass is 974 g/mol. The van der Waals surface area contributed by atoms with Crippen LogP contribution < -0.4 is 9.47 Å². The summed E-state index contributed by atoms with van der Waals surface area (Å²) >= 11 is 13.6. The highest BCUT2D eigenvalue weighted by atomic mass is 35.5. The number of hydrogen-bond donors (Lipinski definition) is 2. The van der Waals surface area contributed by atoms with E-state index < -0.39 is 23.9 Å². The molecule has 0 heterocycles.